The summed E-state index contributed by atoms with van der Waals surface area (Å²) in [4.78, 5) is 0. The predicted molar refractivity (Wildman–Crippen MR) is 67.3 cm³/mol. The molecule has 2 atom stereocenters. The summed E-state index contributed by atoms with van der Waals surface area (Å²) in [6.45, 7) is 5.37. The molecular formula is C13H27NO3. The number of rotatable bonds is 6. The molecule has 17 heavy (non-hydrogen) atoms. The van der Waals surface area contributed by atoms with Gasteiger partial charge in [-0.1, -0.05) is 13.8 Å². The Morgan fingerprint density at radius 3 is 1.71 bits per heavy atom. The average Bonchev–Trinajstić information content (AvgIpc) is 2.35. The van der Waals surface area contributed by atoms with E-state index in [9.17, 15) is 5.21 Å². The van der Waals surface area contributed by atoms with Crippen LogP contribution in [-0.2, 0) is 9.47 Å². The first-order chi connectivity index (χ1) is 8.10. The predicted octanol–water partition coefficient (Wildman–Crippen LogP) is 2.45. The summed E-state index contributed by atoms with van der Waals surface area (Å²) < 4.78 is 10.6. The van der Waals surface area contributed by atoms with Crippen LogP contribution in [0.25, 0.3) is 0 Å². The van der Waals surface area contributed by atoms with Gasteiger partial charge in [-0.15, -0.1) is 0 Å². The van der Waals surface area contributed by atoms with Crippen molar-refractivity contribution in [2.24, 2.45) is 0 Å². The molecule has 1 fully saturated rings. The Morgan fingerprint density at radius 1 is 1.00 bits per heavy atom. The van der Waals surface area contributed by atoms with Gasteiger partial charge in [0.05, 0.1) is 24.3 Å². The van der Waals surface area contributed by atoms with E-state index in [0.717, 1.165) is 32.1 Å². The lowest BCUT2D eigenvalue weighted by atomic mass is 9.76. The molecule has 1 aliphatic heterocycles. The van der Waals surface area contributed by atoms with Gasteiger partial charge in [0.1, 0.15) is 0 Å². The fourth-order valence-corrected chi connectivity index (χ4v) is 3.12. The molecule has 0 amide bonds. The van der Waals surface area contributed by atoms with Gasteiger partial charge < -0.3 is 14.7 Å². The van der Waals surface area contributed by atoms with Crippen LogP contribution in [0.2, 0.25) is 0 Å². The molecule has 4 nitrogen and oxygen atoms in total. The van der Waals surface area contributed by atoms with Gasteiger partial charge in [0.15, 0.2) is 0 Å². The van der Waals surface area contributed by atoms with Crippen LogP contribution in [0.1, 0.15) is 46.0 Å². The first kappa shape index (κ1) is 14.9. The van der Waals surface area contributed by atoms with Crippen LogP contribution in [0, 0.1) is 0 Å². The van der Waals surface area contributed by atoms with Gasteiger partial charge >= 0.3 is 0 Å². The van der Waals surface area contributed by atoms with Gasteiger partial charge in [-0.2, -0.15) is 5.06 Å². The highest BCUT2D eigenvalue weighted by Gasteiger charge is 2.49. The summed E-state index contributed by atoms with van der Waals surface area (Å²) in [5.41, 5.74) is -0.497. The quantitative estimate of drug-likeness (QED) is 0.780. The van der Waals surface area contributed by atoms with Crippen LogP contribution in [0.3, 0.4) is 0 Å². The second-order valence-electron chi connectivity index (χ2n) is 5.19. The molecular weight excluding hydrogens is 218 g/mol. The SMILES string of the molecule is CCC1(COC)CCC[C@@](CC)(COC)N1O. The van der Waals surface area contributed by atoms with Gasteiger partial charge in [0, 0.05) is 14.2 Å². The number of hydrogen-bond acceptors (Lipinski definition) is 4. The van der Waals surface area contributed by atoms with Crippen molar-refractivity contribution < 1.29 is 14.7 Å². The molecule has 0 aromatic heterocycles. The zero-order chi connectivity index (χ0) is 12.9. The molecule has 0 bridgehead atoms. The molecule has 1 aliphatic rings. The van der Waals surface area contributed by atoms with Crippen LogP contribution in [-0.4, -0.2) is 48.8 Å². The second-order valence-corrected chi connectivity index (χ2v) is 5.19. The van der Waals surface area contributed by atoms with E-state index < -0.39 is 0 Å². The van der Waals surface area contributed by atoms with Gasteiger partial charge in [-0.25, -0.2) is 0 Å². The molecule has 1 saturated heterocycles. The van der Waals surface area contributed by atoms with E-state index in [1.165, 1.54) is 0 Å². The van der Waals surface area contributed by atoms with Crippen LogP contribution < -0.4 is 0 Å². The number of hydroxylamine groups is 2. The lowest BCUT2D eigenvalue weighted by molar-refractivity contribution is -0.283. The van der Waals surface area contributed by atoms with Crippen molar-refractivity contribution in [1.82, 2.24) is 5.06 Å². The minimum Gasteiger partial charge on any atom is -0.383 e. The Hall–Kier alpha value is -0.160. The molecule has 0 aliphatic carbocycles. The second kappa shape index (κ2) is 6.14. The molecule has 0 spiro atoms. The summed E-state index contributed by atoms with van der Waals surface area (Å²) in [6, 6.07) is 0. The van der Waals surface area contributed by atoms with E-state index in [1.54, 1.807) is 19.3 Å². The van der Waals surface area contributed by atoms with Crippen molar-refractivity contribution in [3.05, 3.63) is 0 Å². The first-order valence-electron chi connectivity index (χ1n) is 6.58. The third-order valence-electron chi connectivity index (χ3n) is 4.33. The maximum absolute atomic E-state index is 10.7. The van der Waals surface area contributed by atoms with E-state index in [-0.39, 0.29) is 11.1 Å². The smallest absolute Gasteiger partial charge is 0.0697 e. The topological polar surface area (TPSA) is 41.9 Å². The molecule has 1 unspecified atom stereocenters. The summed E-state index contributed by atoms with van der Waals surface area (Å²) in [7, 11) is 3.40. The molecule has 1 rings (SSSR count). The van der Waals surface area contributed by atoms with Crippen LogP contribution in [0.4, 0.5) is 0 Å². The maximum Gasteiger partial charge on any atom is 0.0697 e. The summed E-state index contributed by atoms with van der Waals surface area (Å²) in [5, 5.41) is 12.2. The highest BCUT2D eigenvalue weighted by molar-refractivity contribution is 5.01. The fraction of sp³-hybridized carbons (Fsp3) is 1.00. The van der Waals surface area contributed by atoms with Crippen molar-refractivity contribution in [2.45, 2.75) is 57.0 Å². The Labute approximate surface area is 105 Å². The molecule has 102 valence electrons. The zero-order valence-electron chi connectivity index (χ0n) is 11.7. The van der Waals surface area contributed by atoms with E-state index in [2.05, 4.69) is 13.8 Å². The normalized spacial score (nSPS) is 35.1. The van der Waals surface area contributed by atoms with E-state index in [4.69, 9.17) is 9.47 Å². The first-order valence-corrected chi connectivity index (χ1v) is 6.58. The van der Waals surface area contributed by atoms with E-state index in [0.29, 0.717) is 13.2 Å². The van der Waals surface area contributed by atoms with Gasteiger partial charge in [0.25, 0.3) is 0 Å². The third-order valence-corrected chi connectivity index (χ3v) is 4.33. The Kier molecular flexibility index (Phi) is 5.38. The number of hydrogen-bond donors (Lipinski definition) is 1. The van der Waals surface area contributed by atoms with Crippen molar-refractivity contribution >= 4 is 0 Å². The Bertz CT molecular complexity index is 207. The van der Waals surface area contributed by atoms with Crippen molar-refractivity contribution in [2.75, 3.05) is 27.4 Å². The Balaban J connectivity index is 2.95. The fourth-order valence-electron chi connectivity index (χ4n) is 3.12. The summed E-state index contributed by atoms with van der Waals surface area (Å²) in [5.74, 6) is 0. The molecule has 1 heterocycles. The minimum atomic E-state index is -0.248. The monoisotopic (exact) mass is 245 g/mol. The molecule has 0 aromatic rings. The number of piperidine rings is 1. The average molecular weight is 245 g/mol. The molecule has 1 N–H and O–H groups in total. The molecule has 0 radical (unpaired) electrons. The van der Waals surface area contributed by atoms with Gasteiger partial charge in [0.2, 0.25) is 0 Å². The molecule has 4 heteroatoms. The molecule has 0 saturated carbocycles. The standard InChI is InChI=1S/C13H27NO3/c1-5-12(10-16-3)8-7-9-13(6-2,11-17-4)14(12)15/h15H,5-11H2,1-4H3/t12-,13?/m0/s1. The largest absolute Gasteiger partial charge is 0.383 e. The van der Waals surface area contributed by atoms with Gasteiger partial charge in [-0.05, 0) is 32.1 Å². The van der Waals surface area contributed by atoms with Crippen molar-refractivity contribution in [3.63, 3.8) is 0 Å². The van der Waals surface area contributed by atoms with Crippen LogP contribution in [0.15, 0.2) is 0 Å². The lowest BCUT2D eigenvalue weighted by Gasteiger charge is -2.53. The van der Waals surface area contributed by atoms with Crippen LogP contribution in [0.5, 0.6) is 0 Å². The highest BCUT2D eigenvalue weighted by atomic mass is 16.5. The number of methoxy groups -OCH3 is 2. The van der Waals surface area contributed by atoms with Gasteiger partial charge in [-0.3, -0.25) is 0 Å². The van der Waals surface area contributed by atoms with Crippen LogP contribution >= 0.6 is 0 Å². The number of ether oxygens (including phenoxy) is 2. The van der Waals surface area contributed by atoms with Crippen molar-refractivity contribution in [3.8, 4) is 0 Å². The lowest BCUT2D eigenvalue weighted by Crippen LogP contribution is -2.65. The van der Waals surface area contributed by atoms with E-state index in [1.807, 2.05) is 0 Å². The summed E-state index contributed by atoms with van der Waals surface area (Å²) >= 11 is 0. The highest BCUT2D eigenvalue weighted by Crippen LogP contribution is 2.41. The zero-order valence-corrected chi connectivity index (χ0v) is 11.7. The third kappa shape index (κ3) is 2.65. The van der Waals surface area contributed by atoms with E-state index >= 15 is 0 Å². The maximum atomic E-state index is 10.7. The summed E-state index contributed by atoms with van der Waals surface area (Å²) in [6.07, 6.45) is 4.87. The molecule has 0 aromatic carbocycles. The number of nitrogens with zero attached hydrogens (tertiary/aromatic N) is 1. The van der Waals surface area contributed by atoms with Crippen molar-refractivity contribution in [1.29, 1.82) is 0 Å². The minimum absolute atomic E-state index is 0.248. The Morgan fingerprint density at radius 2 is 1.41 bits per heavy atom.